The van der Waals surface area contributed by atoms with Crippen LogP contribution in [0.25, 0.3) is 28.2 Å². The molecule has 1 N–H and O–H groups in total. The van der Waals surface area contributed by atoms with Crippen molar-refractivity contribution in [2.45, 2.75) is 46.5 Å². The molecule has 0 aliphatic carbocycles. The second-order valence-electron chi connectivity index (χ2n) is 9.62. The van der Waals surface area contributed by atoms with E-state index in [1.54, 1.807) is 4.57 Å². The monoisotopic (exact) mass is 576 g/mol. The number of aromatic amines is 1. The number of hydrogen-bond acceptors (Lipinski definition) is 6. The normalized spacial score (nSPS) is 10.8. The molecule has 0 atom stereocenters. The first-order valence-electron chi connectivity index (χ1n) is 13.6. The molecule has 0 aliphatic rings. The van der Waals surface area contributed by atoms with Crippen molar-refractivity contribution >= 4 is 0 Å². The summed E-state index contributed by atoms with van der Waals surface area (Å²) in [5, 5.41) is 3.85. The van der Waals surface area contributed by atoms with Crippen LogP contribution in [0.4, 0.5) is 0 Å². The van der Waals surface area contributed by atoms with Crippen molar-refractivity contribution < 1.29 is 62.1 Å². The Hall–Kier alpha value is -3.08. The van der Waals surface area contributed by atoms with Gasteiger partial charge in [-0.2, -0.15) is 0 Å². The Morgan fingerprint density at radius 2 is 1.66 bits per heavy atom. The molecule has 3 aromatic carbocycles. The van der Waals surface area contributed by atoms with Gasteiger partial charge in [0, 0.05) is 17.5 Å². The number of nitrogens with zero attached hydrogens (tertiary/aromatic N) is 3. The molecule has 5 aromatic rings. The summed E-state index contributed by atoms with van der Waals surface area (Å²) in [5.74, 6) is 1.22. The summed E-state index contributed by atoms with van der Waals surface area (Å²) < 4.78 is 12.0. The zero-order valence-electron chi connectivity index (χ0n) is 24.9. The summed E-state index contributed by atoms with van der Waals surface area (Å²) in [6.45, 7) is 6.54. The Bertz CT molecular complexity index is 1730. The van der Waals surface area contributed by atoms with Gasteiger partial charge >= 0.3 is 57.1 Å². The predicted octanol–water partition coefficient (Wildman–Crippen LogP) is 3.00. The third-order valence-electron chi connectivity index (χ3n) is 6.87. The number of benzene rings is 3. The molecule has 0 saturated heterocycles. The van der Waals surface area contributed by atoms with Gasteiger partial charge in [-0.1, -0.05) is 67.0 Å². The molecule has 8 nitrogen and oxygen atoms in total. The Morgan fingerprint density at radius 1 is 0.951 bits per heavy atom. The molecular formula is C32H33KN4O4. The van der Waals surface area contributed by atoms with Crippen LogP contribution in [0, 0.1) is 6.92 Å². The Balaban J connectivity index is 0.00000242. The van der Waals surface area contributed by atoms with Crippen LogP contribution in [-0.2, 0) is 12.8 Å². The molecular weight excluding hydrogens is 543 g/mol. The molecule has 0 aliphatic heterocycles. The van der Waals surface area contributed by atoms with E-state index in [9.17, 15) is 9.59 Å². The van der Waals surface area contributed by atoms with Gasteiger partial charge < -0.3 is 6.16 Å². The van der Waals surface area contributed by atoms with Gasteiger partial charge in [0.25, 0.3) is 5.56 Å². The third kappa shape index (κ3) is 7.05. The number of H-pyrrole nitrogens is 1. The first-order valence-corrected chi connectivity index (χ1v) is 13.6. The Kier molecular flexibility index (Phi) is 10.7. The topological polar surface area (TPSA) is 103 Å². The van der Waals surface area contributed by atoms with Gasteiger partial charge in [0.05, 0.1) is 18.0 Å². The van der Waals surface area contributed by atoms with Crippen molar-refractivity contribution in [2.24, 2.45) is 0 Å². The van der Waals surface area contributed by atoms with Crippen molar-refractivity contribution in [2.75, 3.05) is 6.61 Å². The molecule has 206 valence electrons. The van der Waals surface area contributed by atoms with Crippen LogP contribution >= 0.6 is 0 Å². The van der Waals surface area contributed by atoms with E-state index in [0.717, 1.165) is 58.6 Å². The fraction of sp³-hybridized carbons (Fsp3) is 0.250. The standard InChI is InChI=1S/C32H32N4O4.K.H/c1-4-6-11-29-28(31(37)36(21(3)33-29)24-16-18-25(19-17-24)39-5-2)20-22-12-14-23(15-13-22)26-9-7-8-10-27(26)30-34-32(38)40-35-30;;/h7-10,12-19H,4-6,11,20H2,1-3H3,(H,34,35,38);;/q;+1;-1. The van der Waals surface area contributed by atoms with E-state index in [1.807, 2.05) is 86.6 Å². The maximum atomic E-state index is 13.9. The average Bonchev–Trinajstić information content (AvgIpc) is 3.41. The fourth-order valence-electron chi connectivity index (χ4n) is 4.90. The van der Waals surface area contributed by atoms with Gasteiger partial charge in [0.1, 0.15) is 11.6 Å². The molecule has 0 bridgehead atoms. The first-order chi connectivity index (χ1) is 19.5. The van der Waals surface area contributed by atoms with E-state index < -0.39 is 5.76 Å². The van der Waals surface area contributed by atoms with E-state index in [-0.39, 0.29) is 58.4 Å². The minimum Gasteiger partial charge on any atom is -1.00 e. The van der Waals surface area contributed by atoms with Gasteiger partial charge in [-0.3, -0.25) is 18.9 Å². The molecule has 9 heteroatoms. The number of unbranched alkanes of at least 4 members (excludes halogenated alkanes) is 1. The first kappa shape index (κ1) is 30.9. The van der Waals surface area contributed by atoms with Gasteiger partial charge in [-0.15, -0.1) is 0 Å². The third-order valence-corrected chi connectivity index (χ3v) is 6.87. The van der Waals surface area contributed by atoms with E-state index in [1.165, 1.54) is 0 Å². The van der Waals surface area contributed by atoms with Crippen molar-refractivity contribution in [3.63, 3.8) is 0 Å². The smallest absolute Gasteiger partial charge is 1.00 e. The minimum absolute atomic E-state index is 0. The van der Waals surface area contributed by atoms with Crippen LogP contribution in [0.5, 0.6) is 5.75 Å². The van der Waals surface area contributed by atoms with E-state index in [0.29, 0.717) is 30.2 Å². The fourth-order valence-corrected chi connectivity index (χ4v) is 4.90. The molecule has 0 saturated carbocycles. The maximum absolute atomic E-state index is 13.9. The van der Waals surface area contributed by atoms with E-state index in [2.05, 4.69) is 17.1 Å². The average molecular weight is 577 g/mol. The van der Waals surface area contributed by atoms with E-state index in [4.69, 9.17) is 14.2 Å². The number of aryl methyl sites for hydroxylation is 2. The molecule has 0 radical (unpaired) electrons. The second-order valence-corrected chi connectivity index (χ2v) is 9.62. The second kappa shape index (κ2) is 14.2. The Labute approximate surface area is 282 Å². The Morgan fingerprint density at radius 3 is 2.29 bits per heavy atom. The molecule has 2 aromatic heterocycles. The summed E-state index contributed by atoms with van der Waals surface area (Å²) in [6, 6.07) is 23.3. The summed E-state index contributed by atoms with van der Waals surface area (Å²) in [5.41, 5.74) is 5.93. The quantitative estimate of drug-likeness (QED) is 0.257. The van der Waals surface area contributed by atoms with Crippen LogP contribution in [-0.4, -0.2) is 26.3 Å². The molecule has 41 heavy (non-hydrogen) atoms. The van der Waals surface area contributed by atoms with E-state index >= 15 is 0 Å². The van der Waals surface area contributed by atoms with Crippen LogP contribution in [0.1, 0.15) is 50.8 Å². The van der Waals surface area contributed by atoms with Crippen molar-refractivity contribution in [3.05, 3.63) is 116 Å². The summed E-state index contributed by atoms with van der Waals surface area (Å²) in [6.07, 6.45) is 3.22. The molecule has 0 amide bonds. The summed E-state index contributed by atoms with van der Waals surface area (Å²) in [4.78, 5) is 33.0. The van der Waals surface area contributed by atoms with Crippen molar-refractivity contribution in [1.82, 2.24) is 19.7 Å². The van der Waals surface area contributed by atoms with Crippen LogP contribution in [0.15, 0.2) is 86.9 Å². The minimum atomic E-state index is -0.596. The number of hydrogen-bond donors (Lipinski definition) is 1. The summed E-state index contributed by atoms with van der Waals surface area (Å²) in [7, 11) is 0. The molecule has 0 fully saturated rings. The largest absolute Gasteiger partial charge is 1.00 e. The number of nitrogens with one attached hydrogen (secondary N) is 1. The molecule has 0 unspecified atom stereocenters. The van der Waals surface area contributed by atoms with Crippen LogP contribution in [0.3, 0.4) is 0 Å². The van der Waals surface area contributed by atoms with Gasteiger partial charge in [0.15, 0.2) is 5.82 Å². The predicted molar refractivity (Wildman–Crippen MR) is 156 cm³/mol. The number of rotatable bonds is 10. The van der Waals surface area contributed by atoms with Crippen molar-refractivity contribution in [1.29, 1.82) is 0 Å². The van der Waals surface area contributed by atoms with Crippen molar-refractivity contribution in [3.8, 4) is 34.0 Å². The van der Waals surface area contributed by atoms with Crippen LogP contribution < -0.4 is 67.4 Å². The maximum Gasteiger partial charge on any atom is 1.00 e. The zero-order valence-corrected chi connectivity index (χ0v) is 27.1. The van der Waals surface area contributed by atoms with Crippen LogP contribution in [0.2, 0.25) is 0 Å². The number of aromatic nitrogens is 4. The number of ether oxygens (including phenoxy) is 1. The van der Waals surface area contributed by atoms with Gasteiger partial charge in [-0.05, 0) is 67.6 Å². The van der Waals surface area contributed by atoms with Gasteiger partial charge in [0.2, 0.25) is 0 Å². The molecule has 2 heterocycles. The van der Waals surface area contributed by atoms with Gasteiger partial charge in [-0.25, -0.2) is 9.78 Å². The molecule has 0 spiro atoms. The SMILES string of the molecule is CCCCc1nc(C)n(-c2ccc(OCC)cc2)c(=O)c1Cc1ccc(-c2ccccc2-c2noc(=O)[nH]2)cc1.[H-].[K+]. The zero-order chi connectivity index (χ0) is 28.1. The summed E-state index contributed by atoms with van der Waals surface area (Å²) >= 11 is 0. The molecule has 5 rings (SSSR count).